The third kappa shape index (κ3) is 5.88. The number of hydrogen-bond acceptors (Lipinski definition) is 12. The van der Waals surface area contributed by atoms with E-state index in [1.165, 1.54) is 76.4 Å². The van der Waals surface area contributed by atoms with Gasteiger partial charge < -0.3 is 25.8 Å². The van der Waals surface area contributed by atoms with E-state index in [-0.39, 0.29) is 28.1 Å². The fourth-order valence-electron chi connectivity index (χ4n) is 4.91. The molecular weight excluding hydrogens is 643 g/mol. The monoisotopic (exact) mass is 665 g/mol. The van der Waals surface area contributed by atoms with Crippen LogP contribution in [0, 0.1) is 6.92 Å². The van der Waals surface area contributed by atoms with Crippen LogP contribution < -0.4 is 16.1 Å². The van der Waals surface area contributed by atoms with E-state index in [1.54, 1.807) is 12.1 Å². The van der Waals surface area contributed by atoms with E-state index >= 15 is 0 Å². The minimum absolute atomic E-state index is 0.0451. The molecule has 5 heterocycles. The molecule has 2 unspecified atom stereocenters. The van der Waals surface area contributed by atoms with Crippen molar-refractivity contribution >= 4 is 69.6 Å². The molecule has 4 aromatic rings. The number of carbonyl (C=O) groups excluding carboxylic acids is 3. The number of nitrogens with zero attached hydrogens (tertiary/aromatic N) is 4. The number of carboxylic acids is 1. The Morgan fingerprint density at radius 2 is 1.96 bits per heavy atom. The van der Waals surface area contributed by atoms with Crippen LogP contribution in [-0.4, -0.2) is 81.9 Å². The summed E-state index contributed by atoms with van der Waals surface area (Å²) in [6, 6.07) is 6.32. The predicted molar refractivity (Wildman–Crippen MR) is 166 cm³/mol. The van der Waals surface area contributed by atoms with Gasteiger partial charge in [0.15, 0.2) is 4.34 Å². The van der Waals surface area contributed by atoms with E-state index in [2.05, 4.69) is 30.8 Å². The first kappa shape index (κ1) is 30.3. The SMILES string of the molecule is Cc1nnc(SCC2=C(C(=O)O)N3C(=O)C(NC(=O)C(NC(=O)c4c[nH]c5cccnc5c4=O)c4ccc(O)cc4)[C@@H]3SC2)s1. The van der Waals surface area contributed by atoms with Crippen molar-refractivity contribution in [2.24, 2.45) is 0 Å². The molecule has 0 aliphatic carbocycles. The lowest BCUT2D eigenvalue weighted by Gasteiger charge is -2.49. The molecule has 1 saturated heterocycles. The van der Waals surface area contributed by atoms with E-state index in [4.69, 9.17) is 0 Å². The van der Waals surface area contributed by atoms with Gasteiger partial charge in [0.05, 0.1) is 5.52 Å². The number of amides is 3. The standard InChI is InChI=1S/C28H23N7O7S3/c1-12-33-34-28(45-12)44-11-14-10-43-26-20(25(40)35(26)21(14)27(41)42)32-24(39)18(13-4-6-15(36)7-5-13)31-23(38)16-9-30-17-3-2-8-29-19(17)22(16)37/h2-9,18,20,26,36H,10-11H2,1H3,(H,30,37)(H,31,38)(H,32,39)(H,41,42)/t18?,20?,26-/m0/s1. The Bertz CT molecular complexity index is 1940. The number of aliphatic carboxylic acids is 1. The summed E-state index contributed by atoms with van der Waals surface area (Å²) in [5.74, 6) is -2.97. The molecule has 0 bridgehead atoms. The first-order chi connectivity index (χ1) is 21.6. The summed E-state index contributed by atoms with van der Waals surface area (Å²) in [6.45, 7) is 1.82. The molecule has 0 radical (unpaired) electrons. The van der Waals surface area contributed by atoms with Crippen molar-refractivity contribution in [3.05, 3.63) is 86.4 Å². The zero-order chi connectivity index (χ0) is 31.8. The number of aryl methyl sites for hydroxylation is 1. The number of β-lactam (4-membered cyclic amide) rings is 1. The summed E-state index contributed by atoms with van der Waals surface area (Å²) in [6.07, 6.45) is 2.64. The average Bonchev–Trinajstić information content (AvgIpc) is 3.46. The molecule has 1 fully saturated rings. The molecule has 1 aromatic carbocycles. The van der Waals surface area contributed by atoms with Crippen molar-refractivity contribution in [1.29, 1.82) is 0 Å². The number of aromatic hydroxyl groups is 1. The highest BCUT2D eigenvalue weighted by atomic mass is 32.2. The fraction of sp³-hybridized carbons (Fsp3) is 0.214. The number of carboxylic acid groups (broad SMARTS) is 1. The van der Waals surface area contributed by atoms with Crippen LogP contribution in [0.15, 0.2) is 69.2 Å². The number of phenolic OH excluding ortho intramolecular Hbond substituents is 1. The number of benzene rings is 1. The Morgan fingerprint density at radius 3 is 2.67 bits per heavy atom. The molecule has 3 aromatic heterocycles. The van der Waals surface area contributed by atoms with Crippen LogP contribution in [0.25, 0.3) is 11.0 Å². The molecule has 2 aliphatic heterocycles. The second-order valence-electron chi connectivity index (χ2n) is 9.96. The van der Waals surface area contributed by atoms with Crippen LogP contribution in [0.3, 0.4) is 0 Å². The molecule has 3 atom stereocenters. The summed E-state index contributed by atoms with van der Waals surface area (Å²) < 4.78 is 0.682. The van der Waals surface area contributed by atoms with Gasteiger partial charge in [-0.2, -0.15) is 0 Å². The number of fused-ring (bicyclic) bond motifs is 2. The number of aromatic nitrogens is 4. The minimum Gasteiger partial charge on any atom is -0.508 e. The number of phenols is 1. The molecule has 5 N–H and O–H groups in total. The summed E-state index contributed by atoms with van der Waals surface area (Å²) in [4.78, 5) is 73.5. The summed E-state index contributed by atoms with van der Waals surface area (Å²) >= 11 is 4.03. The lowest BCUT2D eigenvalue weighted by molar-refractivity contribution is -0.151. The van der Waals surface area contributed by atoms with Crippen molar-refractivity contribution in [2.75, 3.05) is 11.5 Å². The van der Waals surface area contributed by atoms with E-state index in [0.29, 0.717) is 26.9 Å². The van der Waals surface area contributed by atoms with Crippen molar-refractivity contribution in [3.63, 3.8) is 0 Å². The van der Waals surface area contributed by atoms with Gasteiger partial charge in [0.25, 0.3) is 11.8 Å². The largest absolute Gasteiger partial charge is 0.508 e. The van der Waals surface area contributed by atoms with Gasteiger partial charge in [-0.05, 0) is 42.3 Å². The first-order valence-corrected chi connectivity index (χ1v) is 16.2. The normalized spacial score (nSPS) is 18.2. The molecule has 6 rings (SSSR count). The Balaban J connectivity index is 1.22. The predicted octanol–water partition coefficient (Wildman–Crippen LogP) is 1.79. The Kier molecular flexibility index (Phi) is 8.30. The Labute approximate surface area is 266 Å². The molecule has 17 heteroatoms. The van der Waals surface area contributed by atoms with Crippen molar-refractivity contribution in [2.45, 2.75) is 28.7 Å². The van der Waals surface area contributed by atoms with Gasteiger partial charge in [0.2, 0.25) is 11.3 Å². The minimum atomic E-state index is -1.37. The maximum absolute atomic E-state index is 13.6. The molecule has 14 nitrogen and oxygen atoms in total. The number of thioether (sulfide) groups is 2. The topological polar surface area (TPSA) is 208 Å². The van der Waals surface area contributed by atoms with Crippen molar-refractivity contribution in [3.8, 4) is 5.75 Å². The van der Waals surface area contributed by atoms with Crippen molar-refractivity contribution < 1.29 is 29.4 Å². The van der Waals surface area contributed by atoms with E-state index in [0.717, 1.165) is 5.01 Å². The van der Waals surface area contributed by atoms with Crippen LogP contribution in [0.4, 0.5) is 0 Å². The number of hydrogen-bond donors (Lipinski definition) is 5. The molecule has 2 aliphatic rings. The lowest BCUT2D eigenvalue weighted by atomic mass is 10.0. The molecule has 230 valence electrons. The zero-order valence-electron chi connectivity index (χ0n) is 23.2. The first-order valence-electron chi connectivity index (χ1n) is 13.3. The quantitative estimate of drug-likeness (QED) is 0.128. The molecule has 0 saturated carbocycles. The van der Waals surface area contributed by atoms with Gasteiger partial charge in [0.1, 0.15) is 45.0 Å². The van der Waals surface area contributed by atoms with Gasteiger partial charge >= 0.3 is 5.97 Å². The average molecular weight is 666 g/mol. The zero-order valence-corrected chi connectivity index (χ0v) is 25.7. The number of H-pyrrole nitrogens is 1. The van der Waals surface area contributed by atoms with Crippen molar-refractivity contribution in [1.82, 2.24) is 35.7 Å². The fourth-order valence-corrected chi connectivity index (χ4v) is 8.21. The van der Waals surface area contributed by atoms with E-state index in [1.807, 2.05) is 6.92 Å². The maximum atomic E-state index is 13.6. The van der Waals surface area contributed by atoms with E-state index in [9.17, 15) is 34.2 Å². The highest BCUT2D eigenvalue weighted by Crippen LogP contribution is 2.42. The van der Waals surface area contributed by atoms with Crippen LogP contribution in [0.2, 0.25) is 0 Å². The summed E-state index contributed by atoms with van der Waals surface area (Å²) in [7, 11) is 0. The highest BCUT2D eigenvalue weighted by Gasteiger charge is 2.54. The molecule has 3 amide bonds. The second-order valence-corrected chi connectivity index (χ2v) is 13.5. The second kappa shape index (κ2) is 12.3. The number of nitrogens with one attached hydrogen (secondary N) is 3. The number of carbonyl (C=O) groups is 4. The molecular formula is C28H23N7O7S3. The van der Waals surface area contributed by atoms with Gasteiger partial charge in [0, 0.05) is 23.9 Å². The lowest BCUT2D eigenvalue weighted by Crippen LogP contribution is -2.71. The van der Waals surface area contributed by atoms with Crippen LogP contribution in [0.5, 0.6) is 5.75 Å². The summed E-state index contributed by atoms with van der Waals surface area (Å²) in [5, 5.41) is 33.1. The van der Waals surface area contributed by atoms with Crippen LogP contribution in [0.1, 0.15) is 27.0 Å². The van der Waals surface area contributed by atoms with Gasteiger partial charge in [-0.25, -0.2) is 4.79 Å². The molecule has 45 heavy (non-hydrogen) atoms. The van der Waals surface area contributed by atoms with Gasteiger partial charge in [-0.1, -0.05) is 35.2 Å². The number of aromatic amines is 1. The van der Waals surface area contributed by atoms with Crippen LogP contribution >= 0.6 is 34.9 Å². The van der Waals surface area contributed by atoms with E-state index < -0.39 is 46.6 Å². The third-order valence-electron chi connectivity index (χ3n) is 7.07. The maximum Gasteiger partial charge on any atom is 0.352 e. The smallest absolute Gasteiger partial charge is 0.352 e. The number of rotatable bonds is 9. The molecule has 0 spiro atoms. The third-order valence-corrected chi connectivity index (χ3v) is 10.5. The Hall–Kier alpha value is -4.74. The summed E-state index contributed by atoms with van der Waals surface area (Å²) in [5.41, 5.74) is 0.238. The number of pyridine rings is 2. The van der Waals surface area contributed by atoms with Gasteiger partial charge in [-0.3, -0.25) is 29.1 Å². The highest BCUT2D eigenvalue weighted by molar-refractivity contribution is 8.01. The van der Waals surface area contributed by atoms with Gasteiger partial charge in [-0.15, -0.1) is 22.0 Å². The van der Waals surface area contributed by atoms with Crippen LogP contribution in [-0.2, 0) is 14.4 Å². The Morgan fingerprint density at radius 1 is 1.18 bits per heavy atom.